The average Bonchev–Trinajstić information content (AvgIpc) is 2.30. The monoisotopic (exact) mass is 283 g/mol. The number of esters is 2. The molecule has 0 aliphatic heterocycles. The van der Waals surface area contributed by atoms with Gasteiger partial charge in [0.1, 0.15) is 0 Å². The van der Waals surface area contributed by atoms with Gasteiger partial charge in [0.05, 0.1) is 26.1 Å². The fourth-order valence-corrected chi connectivity index (χ4v) is 1.81. The van der Waals surface area contributed by atoms with E-state index in [1.165, 1.54) is 0 Å². The number of ether oxygens (including phenoxy) is 2. The highest BCUT2D eigenvalue weighted by Crippen LogP contribution is 2.15. The lowest BCUT2D eigenvalue weighted by atomic mass is 10.4. The summed E-state index contributed by atoms with van der Waals surface area (Å²) in [7, 11) is 5.63. The molecule has 5 nitrogen and oxygen atoms in total. The SMILES string of the molecule is CCOC(=O)CCN(CCC(=O)OCC)SCl. The summed E-state index contributed by atoms with van der Waals surface area (Å²) >= 11 is 0.980. The minimum absolute atomic E-state index is 0.260. The number of hydrogen-bond donors (Lipinski definition) is 0. The largest absolute Gasteiger partial charge is 0.466 e. The van der Waals surface area contributed by atoms with Gasteiger partial charge in [0.15, 0.2) is 0 Å². The number of carbonyl (C=O) groups excluding carboxylic acids is 2. The van der Waals surface area contributed by atoms with Crippen LogP contribution >= 0.6 is 21.8 Å². The number of halogens is 1. The second-order valence-corrected chi connectivity index (χ2v) is 4.18. The third-order valence-electron chi connectivity index (χ3n) is 1.84. The number of nitrogens with zero attached hydrogens (tertiary/aromatic N) is 1. The number of hydrogen-bond acceptors (Lipinski definition) is 6. The minimum atomic E-state index is -0.264. The Balaban J connectivity index is 3.76. The third-order valence-corrected chi connectivity index (χ3v) is 2.98. The molecule has 0 aromatic heterocycles. The number of rotatable bonds is 9. The highest BCUT2D eigenvalue weighted by atomic mass is 35.7. The molecule has 0 aliphatic carbocycles. The van der Waals surface area contributed by atoms with Crippen molar-refractivity contribution in [3.05, 3.63) is 0 Å². The fourth-order valence-electron chi connectivity index (χ4n) is 1.08. The molecule has 17 heavy (non-hydrogen) atoms. The molecule has 0 amide bonds. The maximum absolute atomic E-state index is 11.1. The van der Waals surface area contributed by atoms with Gasteiger partial charge in [-0.05, 0) is 24.5 Å². The van der Waals surface area contributed by atoms with E-state index in [0.717, 1.165) is 11.2 Å². The van der Waals surface area contributed by atoms with Crippen molar-refractivity contribution in [3.8, 4) is 0 Å². The predicted octanol–water partition coefficient (Wildman–Crippen LogP) is 2.00. The molecular formula is C10H18ClNO4S. The zero-order valence-corrected chi connectivity index (χ0v) is 11.7. The van der Waals surface area contributed by atoms with Gasteiger partial charge in [-0.25, -0.2) is 4.31 Å². The first-order chi connectivity index (χ1) is 8.13. The molecule has 0 N–H and O–H groups in total. The second kappa shape index (κ2) is 10.7. The van der Waals surface area contributed by atoms with Crippen molar-refractivity contribution < 1.29 is 19.1 Å². The first-order valence-electron chi connectivity index (χ1n) is 5.48. The minimum Gasteiger partial charge on any atom is -0.466 e. The van der Waals surface area contributed by atoms with Crippen molar-refractivity contribution in [2.75, 3.05) is 26.3 Å². The van der Waals surface area contributed by atoms with E-state index in [-0.39, 0.29) is 24.8 Å². The van der Waals surface area contributed by atoms with Gasteiger partial charge in [0, 0.05) is 24.3 Å². The zero-order chi connectivity index (χ0) is 13.1. The smallest absolute Gasteiger partial charge is 0.307 e. The van der Waals surface area contributed by atoms with Crippen molar-refractivity contribution in [2.45, 2.75) is 26.7 Å². The summed E-state index contributed by atoms with van der Waals surface area (Å²) in [6, 6.07) is 0. The van der Waals surface area contributed by atoms with E-state index < -0.39 is 0 Å². The molecular weight excluding hydrogens is 266 g/mol. The van der Waals surface area contributed by atoms with Crippen LogP contribution in [0.1, 0.15) is 26.7 Å². The van der Waals surface area contributed by atoms with Gasteiger partial charge in [-0.15, -0.1) is 0 Å². The van der Waals surface area contributed by atoms with Gasteiger partial charge in [-0.2, -0.15) is 0 Å². The van der Waals surface area contributed by atoms with E-state index in [2.05, 4.69) is 0 Å². The lowest BCUT2D eigenvalue weighted by Crippen LogP contribution is -2.23. The second-order valence-electron chi connectivity index (χ2n) is 3.11. The van der Waals surface area contributed by atoms with Crippen LogP contribution < -0.4 is 0 Å². The summed E-state index contributed by atoms with van der Waals surface area (Å²) in [5, 5.41) is 0. The van der Waals surface area contributed by atoms with Crippen LogP contribution in [-0.2, 0) is 19.1 Å². The highest BCUT2D eigenvalue weighted by Gasteiger charge is 2.11. The van der Waals surface area contributed by atoms with Crippen LogP contribution in [0.25, 0.3) is 0 Å². The molecule has 0 fully saturated rings. The molecule has 7 heteroatoms. The summed E-state index contributed by atoms with van der Waals surface area (Å²) in [5.74, 6) is -0.529. The molecule has 0 radical (unpaired) electrons. The predicted molar refractivity (Wildman–Crippen MR) is 67.5 cm³/mol. The van der Waals surface area contributed by atoms with Crippen LogP contribution in [-0.4, -0.2) is 42.5 Å². The Morgan fingerprint density at radius 1 is 1.06 bits per heavy atom. The molecule has 0 heterocycles. The van der Waals surface area contributed by atoms with Crippen molar-refractivity contribution in [1.29, 1.82) is 0 Å². The van der Waals surface area contributed by atoms with Crippen LogP contribution in [0.15, 0.2) is 0 Å². The molecule has 0 spiro atoms. The highest BCUT2D eigenvalue weighted by molar-refractivity contribution is 8.19. The Bertz CT molecular complexity index is 218. The summed E-state index contributed by atoms with van der Waals surface area (Å²) in [5.41, 5.74) is 0. The standard InChI is InChI=1S/C10H18ClNO4S/c1-3-15-9(13)5-7-12(17-11)8-6-10(14)16-4-2/h3-8H2,1-2H3. The zero-order valence-electron chi connectivity index (χ0n) is 10.1. The van der Waals surface area contributed by atoms with Gasteiger partial charge >= 0.3 is 11.9 Å². The quantitative estimate of drug-likeness (QED) is 0.476. The van der Waals surface area contributed by atoms with E-state index in [1.807, 2.05) is 0 Å². The third kappa shape index (κ3) is 9.26. The van der Waals surface area contributed by atoms with Crippen molar-refractivity contribution in [1.82, 2.24) is 4.31 Å². The molecule has 0 aromatic rings. The number of carbonyl (C=O) groups is 2. The van der Waals surface area contributed by atoms with Gasteiger partial charge < -0.3 is 9.47 Å². The van der Waals surface area contributed by atoms with E-state index in [9.17, 15) is 9.59 Å². The molecule has 0 saturated heterocycles. The van der Waals surface area contributed by atoms with Crippen molar-refractivity contribution >= 4 is 33.8 Å². The lowest BCUT2D eigenvalue weighted by molar-refractivity contribution is -0.143. The Hall–Kier alpha value is -0.460. The Morgan fingerprint density at radius 2 is 1.47 bits per heavy atom. The van der Waals surface area contributed by atoms with Crippen LogP contribution in [0, 0.1) is 0 Å². The average molecular weight is 284 g/mol. The van der Waals surface area contributed by atoms with Crippen molar-refractivity contribution in [2.24, 2.45) is 0 Å². The van der Waals surface area contributed by atoms with E-state index in [4.69, 9.17) is 20.2 Å². The van der Waals surface area contributed by atoms with Crippen LogP contribution in [0.2, 0.25) is 0 Å². The summed E-state index contributed by atoms with van der Waals surface area (Å²) in [6.45, 7) is 5.16. The van der Waals surface area contributed by atoms with Crippen LogP contribution in [0.5, 0.6) is 0 Å². The molecule has 0 unspecified atom stereocenters. The topological polar surface area (TPSA) is 55.8 Å². The molecule has 100 valence electrons. The first-order valence-corrected chi connectivity index (χ1v) is 7.08. The fraction of sp³-hybridized carbons (Fsp3) is 0.800. The molecule has 0 aromatic carbocycles. The maximum Gasteiger partial charge on any atom is 0.307 e. The Kier molecular flexibility index (Phi) is 10.4. The van der Waals surface area contributed by atoms with Gasteiger partial charge in [0.2, 0.25) is 0 Å². The van der Waals surface area contributed by atoms with Crippen molar-refractivity contribution in [3.63, 3.8) is 0 Å². The van der Waals surface area contributed by atoms with Gasteiger partial charge in [0.25, 0.3) is 0 Å². The Labute approximate surface area is 110 Å². The maximum atomic E-state index is 11.1. The first kappa shape index (κ1) is 16.5. The van der Waals surface area contributed by atoms with Crippen LogP contribution in [0.3, 0.4) is 0 Å². The molecule has 0 rings (SSSR count). The van der Waals surface area contributed by atoms with Crippen LogP contribution in [0.4, 0.5) is 0 Å². The molecule has 0 saturated carbocycles. The molecule has 0 atom stereocenters. The normalized spacial score (nSPS) is 10.4. The van der Waals surface area contributed by atoms with E-state index >= 15 is 0 Å². The van der Waals surface area contributed by atoms with E-state index in [0.29, 0.717) is 26.3 Å². The summed E-state index contributed by atoms with van der Waals surface area (Å²) < 4.78 is 11.3. The summed E-state index contributed by atoms with van der Waals surface area (Å²) in [6.07, 6.45) is 0.521. The van der Waals surface area contributed by atoms with Gasteiger partial charge in [-0.1, -0.05) is 0 Å². The van der Waals surface area contributed by atoms with Gasteiger partial charge in [-0.3, -0.25) is 9.59 Å². The summed E-state index contributed by atoms with van der Waals surface area (Å²) in [4.78, 5) is 22.2. The Morgan fingerprint density at radius 3 is 1.76 bits per heavy atom. The lowest BCUT2D eigenvalue weighted by Gasteiger charge is -2.16. The molecule has 0 aliphatic rings. The van der Waals surface area contributed by atoms with E-state index in [1.54, 1.807) is 18.2 Å². The molecule has 0 bridgehead atoms.